The maximum absolute atomic E-state index is 12.5. The number of H-pyrrole nitrogens is 1. The average Bonchev–Trinajstić information content (AvgIpc) is 2.32. The van der Waals surface area contributed by atoms with Crippen LogP contribution in [0.2, 0.25) is 0 Å². The molecule has 2 nitrogen and oxygen atoms in total. The van der Waals surface area contributed by atoms with Crippen molar-refractivity contribution >= 4 is 0 Å². The third-order valence-corrected chi connectivity index (χ3v) is 1.48. The van der Waals surface area contributed by atoms with Gasteiger partial charge in [-0.3, -0.25) is 0 Å². The van der Waals surface area contributed by atoms with E-state index in [4.69, 9.17) is 0 Å². The summed E-state index contributed by atoms with van der Waals surface area (Å²) in [5.41, 5.74) is -1.57. The van der Waals surface area contributed by atoms with Crippen LogP contribution in [0.4, 0.5) is 22.0 Å². The van der Waals surface area contributed by atoms with Crippen LogP contribution < -0.4 is 0 Å². The van der Waals surface area contributed by atoms with Gasteiger partial charge in [0.15, 0.2) is 0 Å². The second kappa shape index (κ2) is 2.68. The molecule has 1 rings (SSSR count). The second-order valence-electron chi connectivity index (χ2n) is 2.45. The van der Waals surface area contributed by atoms with E-state index in [1.54, 1.807) is 0 Å². The van der Waals surface area contributed by atoms with Crippen LogP contribution in [0.15, 0.2) is 6.33 Å². The SMILES string of the molecule is Cc1[nH]cnc1C(F)(F)C(F)(F)F. The molecule has 0 unspecified atom stereocenters. The van der Waals surface area contributed by atoms with Crippen LogP contribution >= 0.6 is 0 Å². The normalized spacial score (nSPS) is 13.4. The highest BCUT2D eigenvalue weighted by Crippen LogP contribution is 2.43. The Balaban J connectivity index is 3.15. The van der Waals surface area contributed by atoms with Gasteiger partial charge in [0.1, 0.15) is 5.69 Å². The first-order valence-corrected chi connectivity index (χ1v) is 3.22. The van der Waals surface area contributed by atoms with Gasteiger partial charge in [-0.15, -0.1) is 0 Å². The Hall–Kier alpha value is -1.14. The highest BCUT2D eigenvalue weighted by Gasteiger charge is 2.60. The smallest absolute Gasteiger partial charge is 0.348 e. The van der Waals surface area contributed by atoms with Gasteiger partial charge >= 0.3 is 12.1 Å². The lowest BCUT2D eigenvalue weighted by Gasteiger charge is -2.17. The van der Waals surface area contributed by atoms with Crippen molar-refractivity contribution in [3.05, 3.63) is 17.7 Å². The van der Waals surface area contributed by atoms with E-state index in [0.717, 1.165) is 13.3 Å². The molecule has 0 fully saturated rings. The Morgan fingerprint density at radius 3 is 2.08 bits per heavy atom. The quantitative estimate of drug-likeness (QED) is 0.692. The fourth-order valence-electron chi connectivity index (χ4n) is 0.810. The fraction of sp³-hybridized carbons (Fsp3) is 0.500. The van der Waals surface area contributed by atoms with Gasteiger partial charge in [-0.25, -0.2) is 4.98 Å². The van der Waals surface area contributed by atoms with E-state index in [2.05, 4.69) is 9.97 Å². The van der Waals surface area contributed by atoms with Gasteiger partial charge in [0.05, 0.1) is 6.33 Å². The minimum atomic E-state index is -5.60. The van der Waals surface area contributed by atoms with E-state index in [9.17, 15) is 22.0 Å². The van der Waals surface area contributed by atoms with Crippen LogP contribution in [-0.4, -0.2) is 16.1 Å². The van der Waals surface area contributed by atoms with Crippen molar-refractivity contribution in [2.24, 2.45) is 0 Å². The largest absolute Gasteiger partial charge is 0.459 e. The minimum absolute atomic E-state index is 0.290. The summed E-state index contributed by atoms with van der Waals surface area (Å²) < 4.78 is 60.4. The number of aryl methyl sites for hydroxylation is 1. The number of imidazole rings is 1. The molecule has 0 aliphatic heterocycles. The predicted octanol–water partition coefficient (Wildman–Crippen LogP) is 2.37. The number of hydrogen-bond acceptors (Lipinski definition) is 1. The molecule has 0 spiro atoms. The zero-order chi connectivity index (χ0) is 10.3. The molecule has 0 aliphatic rings. The van der Waals surface area contributed by atoms with Crippen molar-refractivity contribution in [2.45, 2.75) is 19.0 Å². The Labute approximate surface area is 69.8 Å². The number of aromatic nitrogens is 2. The van der Waals surface area contributed by atoms with E-state index >= 15 is 0 Å². The summed E-state index contributed by atoms with van der Waals surface area (Å²) in [7, 11) is 0. The summed E-state index contributed by atoms with van der Waals surface area (Å²) >= 11 is 0. The molecule has 13 heavy (non-hydrogen) atoms. The van der Waals surface area contributed by atoms with Crippen LogP contribution in [0.25, 0.3) is 0 Å². The summed E-state index contributed by atoms with van der Waals surface area (Å²) in [5, 5.41) is 0. The molecule has 0 aliphatic carbocycles. The number of aromatic amines is 1. The fourth-order valence-corrected chi connectivity index (χ4v) is 0.810. The Morgan fingerprint density at radius 1 is 1.23 bits per heavy atom. The minimum Gasteiger partial charge on any atom is -0.348 e. The van der Waals surface area contributed by atoms with Crippen molar-refractivity contribution in [1.29, 1.82) is 0 Å². The van der Waals surface area contributed by atoms with Gasteiger partial charge in [0, 0.05) is 5.69 Å². The van der Waals surface area contributed by atoms with E-state index in [0.29, 0.717) is 0 Å². The van der Waals surface area contributed by atoms with E-state index in [1.807, 2.05) is 0 Å². The molecular weight excluding hydrogens is 195 g/mol. The van der Waals surface area contributed by atoms with Crippen molar-refractivity contribution in [1.82, 2.24) is 9.97 Å². The van der Waals surface area contributed by atoms with E-state index in [-0.39, 0.29) is 5.69 Å². The maximum atomic E-state index is 12.5. The molecule has 0 radical (unpaired) electrons. The van der Waals surface area contributed by atoms with Gasteiger partial charge in [-0.1, -0.05) is 0 Å². The lowest BCUT2D eigenvalue weighted by atomic mass is 10.2. The Morgan fingerprint density at radius 2 is 1.77 bits per heavy atom. The summed E-state index contributed by atoms with van der Waals surface area (Å²) in [4.78, 5) is 5.08. The number of rotatable bonds is 1. The van der Waals surface area contributed by atoms with Crippen LogP contribution in [0, 0.1) is 6.92 Å². The molecule has 0 atom stereocenters. The first kappa shape index (κ1) is 9.94. The number of halogens is 5. The third kappa shape index (κ3) is 1.50. The van der Waals surface area contributed by atoms with E-state index in [1.165, 1.54) is 0 Å². The summed E-state index contributed by atoms with van der Waals surface area (Å²) in [5.74, 6) is -4.89. The summed E-state index contributed by atoms with van der Waals surface area (Å²) in [6.45, 7) is 1.10. The lowest BCUT2D eigenvalue weighted by molar-refractivity contribution is -0.291. The first-order valence-electron chi connectivity index (χ1n) is 3.22. The summed E-state index contributed by atoms with van der Waals surface area (Å²) in [6, 6.07) is 0. The first-order chi connectivity index (χ1) is 5.77. The van der Waals surface area contributed by atoms with Crippen molar-refractivity contribution in [3.8, 4) is 0 Å². The van der Waals surface area contributed by atoms with Gasteiger partial charge in [0.2, 0.25) is 0 Å². The maximum Gasteiger partial charge on any atom is 0.459 e. The number of nitrogens with zero attached hydrogens (tertiary/aromatic N) is 1. The number of nitrogens with one attached hydrogen (secondary N) is 1. The van der Waals surface area contributed by atoms with Gasteiger partial charge in [-0.05, 0) is 6.92 Å². The molecular formula is C6H5F5N2. The van der Waals surface area contributed by atoms with Crippen LogP contribution in [0.1, 0.15) is 11.4 Å². The Bertz CT molecular complexity index is 300. The molecule has 7 heteroatoms. The zero-order valence-electron chi connectivity index (χ0n) is 6.41. The molecule has 1 heterocycles. The molecule has 0 bridgehead atoms. The molecule has 1 N–H and O–H groups in total. The molecule has 1 aromatic heterocycles. The van der Waals surface area contributed by atoms with Crippen molar-refractivity contribution in [2.75, 3.05) is 0 Å². The molecule has 0 saturated carbocycles. The standard InChI is InChI=1S/C6H5F5N2/c1-3-4(13-2-12-3)5(7,8)6(9,10)11/h2H,1H3,(H,12,13). The number of alkyl halides is 5. The highest BCUT2D eigenvalue weighted by atomic mass is 19.4. The second-order valence-corrected chi connectivity index (χ2v) is 2.45. The molecule has 74 valence electrons. The summed E-state index contributed by atoms with van der Waals surface area (Å²) in [6.07, 6.45) is -4.81. The van der Waals surface area contributed by atoms with Crippen LogP contribution in [-0.2, 0) is 5.92 Å². The molecule has 0 saturated heterocycles. The van der Waals surface area contributed by atoms with Gasteiger partial charge in [-0.2, -0.15) is 22.0 Å². The molecule has 0 amide bonds. The van der Waals surface area contributed by atoms with E-state index < -0.39 is 17.8 Å². The van der Waals surface area contributed by atoms with Gasteiger partial charge < -0.3 is 4.98 Å². The van der Waals surface area contributed by atoms with Gasteiger partial charge in [0.25, 0.3) is 0 Å². The monoisotopic (exact) mass is 200 g/mol. The van der Waals surface area contributed by atoms with Crippen molar-refractivity contribution < 1.29 is 22.0 Å². The highest BCUT2D eigenvalue weighted by molar-refractivity contribution is 5.16. The zero-order valence-corrected chi connectivity index (χ0v) is 6.41. The van der Waals surface area contributed by atoms with Crippen molar-refractivity contribution in [3.63, 3.8) is 0 Å². The van der Waals surface area contributed by atoms with Crippen LogP contribution in [0.5, 0.6) is 0 Å². The molecule has 0 aromatic carbocycles. The number of hydrogen-bond donors (Lipinski definition) is 1. The average molecular weight is 200 g/mol. The third-order valence-electron chi connectivity index (χ3n) is 1.48. The predicted molar refractivity (Wildman–Crippen MR) is 33.3 cm³/mol. The lowest BCUT2D eigenvalue weighted by Crippen LogP contribution is -2.34. The molecule has 1 aromatic rings. The van der Waals surface area contributed by atoms with Crippen LogP contribution in [0.3, 0.4) is 0 Å². The topological polar surface area (TPSA) is 28.7 Å². The Kier molecular flexibility index (Phi) is 2.05.